The number of benzene rings is 3. The number of amides is 1. The largest absolute Gasteiger partial charge is 0.507 e. The Morgan fingerprint density at radius 1 is 0.875 bits per heavy atom. The average molecular weight is 545 g/mol. The second kappa shape index (κ2) is 12.2. The van der Waals surface area contributed by atoms with E-state index >= 15 is 0 Å². The minimum absolute atomic E-state index is 0.0102. The summed E-state index contributed by atoms with van der Waals surface area (Å²) in [4.78, 5) is 30.6. The van der Waals surface area contributed by atoms with E-state index in [2.05, 4.69) is 4.90 Å². The van der Waals surface area contributed by atoms with Crippen LogP contribution in [-0.2, 0) is 14.3 Å². The highest BCUT2D eigenvalue weighted by Crippen LogP contribution is 2.41. The third-order valence-electron chi connectivity index (χ3n) is 7.11. The molecule has 2 saturated heterocycles. The van der Waals surface area contributed by atoms with Crippen LogP contribution >= 0.6 is 0 Å². The number of aliphatic hydroxyl groups is 1. The number of carbonyl (C=O) groups is 2. The molecular formula is C31H32N2O7. The van der Waals surface area contributed by atoms with E-state index in [4.69, 9.17) is 18.9 Å². The van der Waals surface area contributed by atoms with Gasteiger partial charge in [0.2, 0.25) is 0 Å². The zero-order chi connectivity index (χ0) is 28.1. The van der Waals surface area contributed by atoms with Crippen molar-refractivity contribution in [3.63, 3.8) is 0 Å². The van der Waals surface area contributed by atoms with E-state index in [1.165, 1.54) is 19.1 Å². The van der Waals surface area contributed by atoms with Crippen molar-refractivity contribution < 1.29 is 33.6 Å². The number of hydrogen-bond donors (Lipinski definition) is 1. The van der Waals surface area contributed by atoms with Gasteiger partial charge in [-0.05, 0) is 48.0 Å². The lowest BCUT2D eigenvalue weighted by Gasteiger charge is -2.31. The van der Waals surface area contributed by atoms with Crippen LogP contribution in [0.25, 0.3) is 5.76 Å². The van der Waals surface area contributed by atoms with E-state index in [-0.39, 0.29) is 11.3 Å². The summed E-state index contributed by atoms with van der Waals surface area (Å²) in [7, 11) is 3.01. The molecule has 3 aromatic rings. The predicted molar refractivity (Wildman–Crippen MR) is 149 cm³/mol. The summed E-state index contributed by atoms with van der Waals surface area (Å²) in [6.07, 6.45) is 0. The number of aliphatic hydroxyl groups excluding tert-OH is 1. The number of rotatable bonds is 9. The van der Waals surface area contributed by atoms with Crippen LogP contribution in [0.1, 0.15) is 17.2 Å². The van der Waals surface area contributed by atoms with E-state index in [0.29, 0.717) is 60.4 Å². The van der Waals surface area contributed by atoms with E-state index in [1.807, 2.05) is 48.5 Å². The number of methoxy groups -OCH3 is 2. The molecule has 208 valence electrons. The maximum absolute atomic E-state index is 13.5. The molecule has 40 heavy (non-hydrogen) atoms. The second-order valence-electron chi connectivity index (χ2n) is 9.50. The van der Waals surface area contributed by atoms with Gasteiger partial charge in [0, 0.05) is 31.7 Å². The number of ketones is 1. The van der Waals surface area contributed by atoms with Crippen LogP contribution in [0.15, 0.2) is 78.4 Å². The lowest BCUT2D eigenvalue weighted by Crippen LogP contribution is -2.42. The molecule has 9 heteroatoms. The normalized spacial score (nSPS) is 19.1. The molecule has 2 aliphatic heterocycles. The van der Waals surface area contributed by atoms with Gasteiger partial charge in [-0.3, -0.25) is 14.5 Å². The van der Waals surface area contributed by atoms with Gasteiger partial charge in [-0.2, -0.15) is 0 Å². The number of nitrogens with zero attached hydrogens (tertiary/aromatic N) is 2. The smallest absolute Gasteiger partial charge is 0.295 e. The number of carbonyl (C=O) groups excluding carboxylic acids is 2. The molecule has 1 N–H and O–H groups in total. The van der Waals surface area contributed by atoms with Gasteiger partial charge in [-0.15, -0.1) is 0 Å². The molecular weight excluding hydrogens is 512 g/mol. The molecule has 0 saturated carbocycles. The first kappa shape index (κ1) is 27.2. The molecule has 1 amide bonds. The quantitative estimate of drug-likeness (QED) is 0.243. The van der Waals surface area contributed by atoms with Crippen molar-refractivity contribution in [1.82, 2.24) is 9.80 Å². The number of ether oxygens (including phenoxy) is 4. The standard InChI is InChI=1S/C31H32N2O7/c1-37-25-12-11-22(20-26(25)38-2)29(34)27-28(21-7-6-10-24(19-21)40-23-8-4-3-5-9-23)33(31(36)30(27)35)14-13-32-15-17-39-18-16-32/h3-12,19-20,28,34H,13-18H2,1-2H3/b29-27-. The van der Waals surface area contributed by atoms with E-state index in [1.54, 1.807) is 24.3 Å². The number of para-hydroxylation sites is 1. The molecule has 9 nitrogen and oxygen atoms in total. The lowest BCUT2D eigenvalue weighted by atomic mass is 9.95. The fraction of sp³-hybridized carbons (Fsp3) is 0.290. The molecule has 1 atom stereocenters. The number of Topliss-reactive ketones (excluding diaryl/α,β-unsaturated/α-hetero) is 1. The van der Waals surface area contributed by atoms with E-state index in [9.17, 15) is 14.7 Å². The van der Waals surface area contributed by atoms with Gasteiger partial charge < -0.3 is 29.0 Å². The maximum Gasteiger partial charge on any atom is 0.295 e. The Bertz CT molecular complexity index is 1400. The molecule has 0 aromatic heterocycles. The fourth-order valence-corrected chi connectivity index (χ4v) is 5.04. The molecule has 5 rings (SSSR count). The molecule has 2 fully saturated rings. The molecule has 2 aliphatic rings. The molecule has 2 heterocycles. The van der Waals surface area contributed by atoms with Crippen molar-refractivity contribution in [3.05, 3.63) is 89.5 Å². The predicted octanol–water partition coefficient (Wildman–Crippen LogP) is 4.25. The molecule has 0 bridgehead atoms. The monoisotopic (exact) mass is 544 g/mol. The van der Waals surface area contributed by atoms with Crippen molar-refractivity contribution in [3.8, 4) is 23.0 Å². The number of likely N-dealkylation sites (tertiary alicyclic amines) is 1. The summed E-state index contributed by atoms with van der Waals surface area (Å²) >= 11 is 0. The topological polar surface area (TPSA) is 97.8 Å². The third kappa shape index (κ3) is 5.66. The minimum Gasteiger partial charge on any atom is -0.507 e. The highest BCUT2D eigenvalue weighted by atomic mass is 16.5. The second-order valence-corrected chi connectivity index (χ2v) is 9.50. The van der Waals surface area contributed by atoms with Gasteiger partial charge in [-0.25, -0.2) is 0 Å². The van der Waals surface area contributed by atoms with Gasteiger partial charge in [0.25, 0.3) is 11.7 Å². The Morgan fingerprint density at radius 3 is 2.33 bits per heavy atom. The Morgan fingerprint density at radius 2 is 1.60 bits per heavy atom. The van der Waals surface area contributed by atoms with Crippen molar-refractivity contribution in [2.75, 3.05) is 53.6 Å². The molecule has 0 spiro atoms. The zero-order valence-corrected chi connectivity index (χ0v) is 22.5. The third-order valence-corrected chi connectivity index (χ3v) is 7.11. The Labute approximate surface area is 233 Å². The first-order valence-corrected chi connectivity index (χ1v) is 13.1. The fourth-order valence-electron chi connectivity index (χ4n) is 5.04. The molecule has 0 radical (unpaired) electrons. The summed E-state index contributed by atoms with van der Waals surface area (Å²) in [5, 5.41) is 11.5. The molecule has 3 aromatic carbocycles. The Hall–Kier alpha value is -4.34. The van der Waals surface area contributed by atoms with Crippen molar-refractivity contribution in [2.45, 2.75) is 6.04 Å². The lowest BCUT2D eigenvalue weighted by molar-refractivity contribution is -0.140. The molecule has 0 aliphatic carbocycles. The van der Waals surface area contributed by atoms with Crippen molar-refractivity contribution in [2.24, 2.45) is 0 Å². The van der Waals surface area contributed by atoms with E-state index < -0.39 is 17.7 Å². The van der Waals surface area contributed by atoms with Gasteiger partial charge in [-0.1, -0.05) is 30.3 Å². The van der Waals surface area contributed by atoms with Crippen LogP contribution in [0.2, 0.25) is 0 Å². The van der Waals surface area contributed by atoms with Crippen LogP contribution in [0.4, 0.5) is 0 Å². The van der Waals surface area contributed by atoms with Crippen LogP contribution in [0.3, 0.4) is 0 Å². The van der Waals surface area contributed by atoms with Gasteiger partial charge in [0.15, 0.2) is 11.5 Å². The number of hydrogen-bond acceptors (Lipinski definition) is 8. The summed E-state index contributed by atoms with van der Waals surface area (Å²) in [6.45, 7) is 3.63. The van der Waals surface area contributed by atoms with Crippen molar-refractivity contribution >= 4 is 17.4 Å². The highest BCUT2D eigenvalue weighted by Gasteiger charge is 2.46. The van der Waals surface area contributed by atoms with E-state index in [0.717, 1.165) is 13.1 Å². The number of morpholine rings is 1. The van der Waals surface area contributed by atoms with Crippen LogP contribution < -0.4 is 14.2 Å². The highest BCUT2D eigenvalue weighted by molar-refractivity contribution is 6.46. The summed E-state index contributed by atoms with van der Waals surface area (Å²) in [5.41, 5.74) is 0.998. The minimum atomic E-state index is -0.812. The first-order chi connectivity index (χ1) is 19.5. The molecule has 1 unspecified atom stereocenters. The summed E-state index contributed by atoms with van der Waals surface area (Å²) < 4.78 is 22.2. The summed E-state index contributed by atoms with van der Waals surface area (Å²) in [6, 6.07) is 20.6. The van der Waals surface area contributed by atoms with Gasteiger partial charge >= 0.3 is 0 Å². The van der Waals surface area contributed by atoms with Gasteiger partial charge in [0.05, 0.1) is 39.0 Å². The SMILES string of the molecule is COc1ccc(/C(O)=C2/C(=O)C(=O)N(CCN3CCOCC3)C2c2cccc(Oc3ccccc3)c2)cc1OC. The average Bonchev–Trinajstić information content (AvgIpc) is 3.25. The van der Waals surface area contributed by atoms with Crippen molar-refractivity contribution in [1.29, 1.82) is 0 Å². The summed E-state index contributed by atoms with van der Waals surface area (Å²) in [5.74, 6) is 0.394. The van der Waals surface area contributed by atoms with Gasteiger partial charge in [0.1, 0.15) is 17.3 Å². The first-order valence-electron chi connectivity index (χ1n) is 13.1. The zero-order valence-electron chi connectivity index (χ0n) is 22.5. The Kier molecular flexibility index (Phi) is 8.33. The van der Waals surface area contributed by atoms with Crippen LogP contribution in [0.5, 0.6) is 23.0 Å². The van der Waals surface area contributed by atoms with Crippen LogP contribution in [-0.4, -0.2) is 80.2 Å². The maximum atomic E-state index is 13.5. The van der Waals surface area contributed by atoms with Crippen LogP contribution in [0, 0.1) is 0 Å². The Balaban J connectivity index is 1.55.